The molecule has 0 spiro atoms. The number of fused-ring (bicyclic) bond motifs is 2. The lowest BCUT2D eigenvalue weighted by atomic mass is 10.1. The fourth-order valence-electron chi connectivity index (χ4n) is 2.87. The van der Waals surface area contributed by atoms with Crippen LogP contribution in [0.3, 0.4) is 0 Å². The molecule has 0 aromatic carbocycles. The Morgan fingerprint density at radius 3 is 3.15 bits per heavy atom. The van der Waals surface area contributed by atoms with Crippen molar-refractivity contribution in [2.24, 2.45) is 0 Å². The lowest BCUT2D eigenvalue weighted by Crippen LogP contribution is -1.96. The van der Waals surface area contributed by atoms with E-state index in [1.54, 1.807) is 0 Å². The van der Waals surface area contributed by atoms with E-state index >= 15 is 0 Å². The third-order valence-electron chi connectivity index (χ3n) is 4.04. The van der Waals surface area contributed by atoms with E-state index in [-0.39, 0.29) is 0 Å². The van der Waals surface area contributed by atoms with Crippen molar-refractivity contribution in [2.45, 2.75) is 50.8 Å². The van der Waals surface area contributed by atoms with Crippen LogP contribution in [-0.2, 0) is 25.1 Å². The van der Waals surface area contributed by atoms with Crippen LogP contribution in [0.1, 0.15) is 42.6 Å². The first-order chi connectivity index (χ1) is 9.93. The zero-order chi connectivity index (χ0) is 13.6. The number of nitrogens with one attached hydrogen (secondary N) is 1. The van der Waals surface area contributed by atoms with Gasteiger partial charge in [-0.05, 0) is 49.5 Å². The minimum atomic E-state index is 1.18. The van der Waals surface area contributed by atoms with E-state index in [0.717, 1.165) is 0 Å². The van der Waals surface area contributed by atoms with Gasteiger partial charge < -0.3 is 9.55 Å². The summed E-state index contributed by atoms with van der Waals surface area (Å²) in [5.41, 5.74) is 4.39. The van der Waals surface area contributed by atoms with Crippen LogP contribution >= 0.6 is 11.8 Å². The first-order valence-electron chi connectivity index (χ1n) is 7.65. The summed E-state index contributed by atoms with van der Waals surface area (Å²) in [6.45, 7) is 1.18. The highest BCUT2D eigenvalue weighted by atomic mass is 32.2. The second-order valence-corrected chi connectivity index (χ2v) is 6.63. The van der Waals surface area contributed by atoms with Gasteiger partial charge in [0.15, 0.2) is 0 Å². The van der Waals surface area contributed by atoms with E-state index < -0.39 is 0 Å². The summed E-state index contributed by atoms with van der Waals surface area (Å²) in [7, 11) is 0. The average molecular weight is 289 g/mol. The molecule has 0 radical (unpaired) electrons. The Hall–Kier alpha value is -1.16. The number of hydrogen-bond donors (Lipinski definition) is 1. The Morgan fingerprint density at radius 2 is 2.15 bits per heavy atom. The van der Waals surface area contributed by atoms with Crippen molar-refractivity contribution < 1.29 is 0 Å². The molecule has 108 valence electrons. The molecule has 0 aliphatic carbocycles. The molecular formula is C16H23N3S. The summed E-state index contributed by atoms with van der Waals surface area (Å²) < 4.78 is 2.27. The normalized spacial score (nSPS) is 18.0. The number of aromatic amines is 1. The molecule has 2 aliphatic rings. The van der Waals surface area contributed by atoms with Gasteiger partial charge in [-0.25, -0.2) is 4.98 Å². The Kier molecular flexibility index (Phi) is 4.85. The predicted octanol–water partition coefficient (Wildman–Crippen LogP) is 3.80. The Bertz CT molecular complexity index is 440. The summed E-state index contributed by atoms with van der Waals surface area (Å²) >= 11 is 2.03. The van der Waals surface area contributed by atoms with Gasteiger partial charge in [0.25, 0.3) is 0 Å². The van der Waals surface area contributed by atoms with E-state index in [4.69, 9.17) is 0 Å². The number of nitrogens with zero attached hydrogens (tertiary/aromatic N) is 2. The maximum absolute atomic E-state index is 4.11. The number of hydrogen-bond acceptors (Lipinski definition) is 2. The van der Waals surface area contributed by atoms with Crippen LogP contribution in [0.4, 0.5) is 0 Å². The SMILES string of the molecule is c1cc2c([nH]1)CSCCC2.c1ncn2c1CCCCC2. The van der Waals surface area contributed by atoms with Crippen molar-refractivity contribution in [1.82, 2.24) is 14.5 Å². The highest BCUT2D eigenvalue weighted by Gasteiger charge is 2.07. The monoisotopic (exact) mass is 289 g/mol. The first kappa shape index (κ1) is 13.8. The molecular weight excluding hydrogens is 266 g/mol. The van der Waals surface area contributed by atoms with Gasteiger partial charge in [-0.1, -0.05) is 6.42 Å². The summed E-state index contributed by atoms with van der Waals surface area (Å²) in [5.74, 6) is 2.50. The summed E-state index contributed by atoms with van der Waals surface area (Å²) in [6.07, 6.45) is 13.9. The molecule has 20 heavy (non-hydrogen) atoms. The van der Waals surface area contributed by atoms with Gasteiger partial charge in [0.1, 0.15) is 0 Å². The van der Waals surface area contributed by atoms with Crippen molar-refractivity contribution in [3.63, 3.8) is 0 Å². The van der Waals surface area contributed by atoms with Crippen LogP contribution in [0, 0.1) is 0 Å². The van der Waals surface area contributed by atoms with Gasteiger partial charge in [0, 0.05) is 36.1 Å². The Labute approximate surface area is 125 Å². The van der Waals surface area contributed by atoms with Crippen LogP contribution in [0.5, 0.6) is 0 Å². The van der Waals surface area contributed by atoms with Gasteiger partial charge in [0.2, 0.25) is 0 Å². The predicted molar refractivity (Wildman–Crippen MR) is 85.1 cm³/mol. The third kappa shape index (κ3) is 3.48. The fourth-order valence-corrected chi connectivity index (χ4v) is 3.83. The van der Waals surface area contributed by atoms with Crippen molar-refractivity contribution in [2.75, 3.05) is 5.75 Å². The standard InChI is InChI=1S/C8H12N2.C8H11NS/c1-2-4-8-6-9-7-10(8)5-3-1;1-2-7-3-4-9-8(7)6-10-5-1/h6-7H,1-5H2;3-4,9H,1-2,5-6H2. The number of H-pyrrole nitrogens is 1. The molecule has 2 aromatic rings. The van der Waals surface area contributed by atoms with Crippen LogP contribution < -0.4 is 0 Å². The minimum absolute atomic E-state index is 1.18. The number of imidazole rings is 1. The first-order valence-corrected chi connectivity index (χ1v) is 8.81. The maximum atomic E-state index is 4.11. The topological polar surface area (TPSA) is 33.6 Å². The molecule has 4 rings (SSSR count). The van der Waals surface area contributed by atoms with E-state index in [0.29, 0.717) is 0 Å². The molecule has 1 N–H and O–H groups in total. The van der Waals surface area contributed by atoms with Crippen LogP contribution in [0.25, 0.3) is 0 Å². The van der Waals surface area contributed by atoms with Crippen molar-refractivity contribution in [1.29, 1.82) is 0 Å². The van der Waals surface area contributed by atoms with Crippen molar-refractivity contribution in [3.8, 4) is 0 Å². The second kappa shape index (κ2) is 7.02. The zero-order valence-corrected chi connectivity index (χ0v) is 12.8. The Balaban J connectivity index is 0.000000121. The van der Waals surface area contributed by atoms with Gasteiger partial charge >= 0.3 is 0 Å². The van der Waals surface area contributed by atoms with Crippen molar-refractivity contribution in [3.05, 3.63) is 41.7 Å². The van der Waals surface area contributed by atoms with Gasteiger partial charge in [0.05, 0.1) is 6.33 Å². The maximum Gasteiger partial charge on any atom is 0.0948 e. The highest BCUT2D eigenvalue weighted by Crippen LogP contribution is 2.21. The largest absolute Gasteiger partial charge is 0.364 e. The number of rotatable bonds is 0. The average Bonchev–Trinajstić information content (AvgIpc) is 2.98. The number of thioether (sulfide) groups is 1. The molecule has 3 nitrogen and oxygen atoms in total. The zero-order valence-electron chi connectivity index (χ0n) is 12.0. The summed E-state index contributed by atoms with van der Waals surface area (Å²) in [6, 6.07) is 2.21. The number of aryl methyl sites for hydroxylation is 3. The van der Waals surface area contributed by atoms with Crippen LogP contribution in [0.2, 0.25) is 0 Å². The van der Waals surface area contributed by atoms with Crippen LogP contribution in [0.15, 0.2) is 24.8 Å². The van der Waals surface area contributed by atoms with E-state index in [9.17, 15) is 0 Å². The summed E-state index contributed by atoms with van der Waals surface area (Å²) in [4.78, 5) is 7.39. The van der Waals surface area contributed by atoms with E-state index in [2.05, 4.69) is 26.8 Å². The second-order valence-electron chi connectivity index (χ2n) is 5.53. The van der Waals surface area contributed by atoms with E-state index in [1.807, 2.05) is 24.3 Å². The highest BCUT2D eigenvalue weighted by molar-refractivity contribution is 7.98. The van der Waals surface area contributed by atoms with Crippen molar-refractivity contribution >= 4 is 11.8 Å². The lowest BCUT2D eigenvalue weighted by Gasteiger charge is -1.99. The molecule has 2 aliphatic heterocycles. The summed E-state index contributed by atoms with van der Waals surface area (Å²) in [5, 5.41) is 0. The van der Waals surface area contributed by atoms with Gasteiger partial charge in [-0.3, -0.25) is 0 Å². The van der Waals surface area contributed by atoms with E-state index in [1.165, 1.54) is 73.5 Å². The number of aromatic nitrogens is 3. The lowest BCUT2D eigenvalue weighted by molar-refractivity contribution is 0.632. The minimum Gasteiger partial charge on any atom is -0.364 e. The van der Waals surface area contributed by atoms with Crippen LogP contribution in [-0.4, -0.2) is 20.3 Å². The van der Waals surface area contributed by atoms with Gasteiger partial charge in [-0.15, -0.1) is 0 Å². The molecule has 0 unspecified atom stereocenters. The smallest absolute Gasteiger partial charge is 0.0948 e. The molecule has 0 saturated heterocycles. The molecule has 0 fully saturated rings. The van der Waals surface area contributed by atoms with Gasteiger partial charge in [-0.2, -0.15) is 11.8 Å². The molecule has 4 heteroatoms. The molecule has 0 bridgehead atoms. The molecule has 4 heterocycles. The fraction of sp³-hybridized carbons (Fsp3) is 0.562. The Morgan fingerprint density at radius 1 is 1.15 bits per heavy atom. The molecule has 0 atom stereocenters. The molecule has 0 amide bonds. The molecule has 2 aromatic heterocycles. The quantitative estimate of drug-likeness (QED) is 0.800. The molecule has 0 saturated carbocycles. The third-order valence-corrected chi connectivity index (χ3v) is 5.11.